The van der Waals surface area contributed by atoms with Crippen LogP contribution >= 0.6 is 0 Å². The summed E-state index contributed by atoms with van der Waals surface area (Å²) in [6, 6.07) is 4.64. The summed E-state index contributed by atoms with van der Waals surface area (Å²) in [6.45, 7) is 5.11. The summed E-state index contributed by atoms with van der Waals surface area (Å²) in [5, 5.41) is 9.42. The van der Waals surface area contributed by atoms with Gasteiger partial charge in [-0.3, -0.25) is 0 Å². The van der Waals surface area contributed by atoms with E-state index in [0.717, 1.165) is 17.9 Å². The van der Waals surface area contributed by atoms with Crippen LogP contribution < -0.4 is 4.90 Å². The highest BCUT2D eigenvalue weighted by atomic mass is 16.3. The number of aliphatic hydroxyl groups excluding tert-OH is 1. The molecule has 16 heavy (non-hydrogen) atoms. The van der Waals surface area contributed by atoms with E-state index < -0.39 is 6.10 Å². The first kappa shape index (κ1) is 11.4. The Kier molecular flexibility index (Phi) is 3.44. The number of nitrogens with zero attached hydrogens (tertiary/aromatic N) is 2. The average Bonchev–Trinajstić information content (AvgIpc) is 2.77. The molecule has 1 fully saturated rings. The van der Waals surface area contributed by atoms with Crippen molar-refractivity contribution in [1.82, 2.24) is 4.98 Å². The van der Waals surface area contributed by atoms with Crippen molar-refractivity contribution in [2.24, 2.45) is 0 Å². The first-order valence-electron chi connectivity index (χ1n) is 6.13. The fraction of sp³-hybridized carbons (Fsp3) is 0.615. The first-order chi connectivity index (χ1) is 7.72. The van der Waals surface area contributed by atoms with E-state index in [1.54, 1.807) is 13.1 Å². The van der Waals surface area contributed by atoms with Gasteiger partial charge in [0.1, 0.15) is 5.82 Å². The fourth-order valence-corrected chi connectivity index (χ4v) is 2.38. The van der Waals surface area contributed by atoms with Crippen LogP contribution in [0.5, 0.6) is 0 Å². The van der Waals surface area contributed by atoms with E-state index in [0.29, 0.717) is 6.04 Å². The van der Waals surface area contributed by atoms with Crippen molar-refractivity contribution in [3.63, 3.8) is 0 Å². The number of anilines is 1. The lowest BCUT2D eigenvalue weighted by Gasteiger charge is -2.24. The molecule has 1 aliphatic rings. The molecule has 0 aliphatic carbocycles. The topological polar surface area (TPSA) is 36.4 Å². The lowest BCUT2D eigenvalue weighted by Crippen LogP contribution is -2.29. The van der Waals surface area contributed by atoms with Crippen molar-refractivity contribution in [2.45, 2.75) is 45.3 Å². The number of aliphatic hydroxyl groups is 1. The molecule has 0 radical (unpaired) electrons. The third kappa shape index (κ3) is 2.19. The summed E-state index contributed by atoms with van der Waals surface area (Å²) in [7, 11) is 0. The Morgan fingerprint density at radius 2 is 2.38 bits per heavy atom. The Morgan fingerprint density at radius 3 is 2.94 bits per heavy atom. The molecule has 2 heterocycles. The van der Waals surface area contributed by atoms with Crippen LogP contribution in [0, 0.1) is 0 Å². The van der Waals surface area contributed by atoms with Gasteiger partial charge in [0.05, 0.1) is 6.10 Å². The minimum absolute atomic E-state index is 0.429. The molecule has 1 aromatic rings. The van der Waals surface area contributed by atoms with Crippen LogP contribution in [0.4, 0.5) is 5.82 Å². The molecule has 1 N–H and O–H groups in total. The van der Waals surface area contributed by atoms with Crippen LogP contribution in [0.25, 0.3) is 0 Å². The van der Waals surface area contributed by atoms with Gasteiger partial charge in [-0.1, -0.05) is 13.0 Å². The van der Waals surface area contributed by atoms with Gasteiger partial charge >= 0.3 is 0 Å². The second kappa shape index (κ2) is 4.83. The lowest BCUT2D eigenvalue weighted by molar-refractivity contribution is 0.199. The minimum Gasteiger partial charge on any atom is -0.389 e. The first-order valence-corrected chi connectivity index (χ1v) is 6.13. The Morgan fingerprint density at radius 1 is 1.56 bits per heavy atom. The van der Waals surface area contributed by atoms with Crippen molar-refractivity contribution in [2.75, 3.05) is 11.4 Å². The van der Waals surface area contributed by atoms with Crippen molar-refractivity contribution in [3.05, 3.63) is 23.9 Å². The highest BCUT2D eigenvalue weighted by molar-refractivity contribution is 5.42. The highest BCUT2D eigenvalue weighted by Crippen LogP contribution is 2.26. The van der Waals surface area contributed by atoms with Crippen LogP contribution in [0.3, 0.4) is 0 Å². The third-order valence-corrected chi connectivity index (χ3v) is 3.40. The number of hydrogen-bond acceptors (Lipinski definition) is 3. The zero-order chi connectivity index (χ0) is 11.5. The molecule has 2 unspecified atom stereocenters. The lowest BCUT2D eigenvalue weighted by atomic mass is 10.1. The van der Waals surface area contributed by atoms with E-state index in [1.807, 2.05) is 12.1 Å². The van der Waals surface area contributed by atoms with Crippen LogP contribution in [-0.4, -0.2) is 22.7 Å². The molecule has 0 saturated carbocycles. The number of aromatic nitrogens is 1. The standard InChI is InChI=1S/C13H20N2O/c1-3-12-5-4-8-15(12)13-7-6-11(9-14-13)10(2)16/h6-7,9-10,12,16H,3-5,8H2,1-2H3. The number of rotatable bonds is 3. The van der Waals surface area contributed by atoms with Crippen molar-refractivity contribution < 1.29 is 5.11 Å². The van der Waals surface area contributed by atoms with E-state index in [-0.39, 0.29) is 0 Å². The van der Waals surface area contributed by atoms with Gasteiger partial charge in [0.15, 0.2) is 0 Å². The molecule has 0 aromatic carbocycles. The summed E-state index contributed by atoms with van der Waals surface area (Å²) in [5.41, 5.74) is 0.885. The molecule has 2 rings (SSSR count). The zero-order valence-electron chi connectivity index (χ0n) is 10.1. The van der Waals surface area contributed by atoms with Gasteiger partial charge in [-0.25, -0.2) is 4.98 Å². The summed E-state index contributed by atoms with van der Waals surface area (Å²) >= 11 is 0. The molecule has 1 saturated heterocycles. The monoisotopic (exact) mass is 220 g/mol. The summed E-state index contributed by atoms with van der Waals surface area (Å²) < 4.78 is 0. The molecule has 0 spiro atoms. The maximum absolute atomic E-state index is 9.42. The van der Waals surface area contributed by atoms with Gasteiger partial charge in [0.25, 0.3) is 0 Å². The van der Waals surface area contributed by atoms with Gasteiger partial charge < -0.3 is 10.0 Å². The van der Waals surface area contributed by atoms with Gasteiger partial charge in [-0.2, -0.15) is 0 Å². The van der Waals surface area contributed by atoms with Crippen molar-refractivity contribution >= 4 is 5.82 Å². The minimum atomic E-state index is -0.429. The number of pyridine rings is 1. The largest absolute Gasteiger partial charge is 0.389 e. The second-order valence-corrected chi connectivity index (χ2v) is 4.52. The Labute approximate surface area is 97.1 Å². The summed E-state index contributed by atoms with van der Waals surface area (Å²) in [5.74, 6) is 1.05. The van der Waals surface area contributed by atoms with Crippen LogP contribution in [0.1, 0.15) is 44.8 Å². The molecule has 3 nitrogen and oxygen atoms in total. The molecule has 2 atom stereocenters. The van der Waals surface area contributed by atoms with E-state index in [2.05, 4.69) is 16.8 Å². The van der Waals surface area contributed by atoms with Gasteiger partial charge in [0, 0.05) is 18.8 Å². The Hall–Kier alpha value is -1.09. The molecular weight excluding hydrogens is 200 g/mol. The van der Waals surface area contributed by atoms with Gasteiger partial charge in [0.2, 0.25) is 0 Å². The molecule has 1 aromatic heterocycles. The Balaban J connectivity index is 2.15. The van der Waals surface area contributed by atoms with Crippen molar-refractivity contribution in [1.29, 1.82) is 0 Å². The second-order valence-electron chi connectivity index (χ2n) is 4.52. The predicted molar refractivity (Wildman–Crippen MR) is 65.5 cm³/mol. The summed E-state index contributed by atoms with van der Waals surface area (Å²) in [6.07, 6.45) is 5.07. The van der Waals surface area contributed by atoms with E-state index >= 15 is 0 Å². The van der Waals surface area contributed by atoms with E-state index in [4.69, 9.17) is 0 Å². The predicted octanol–water partition coefficient (Wildman–Crippen LogP) is 2.51. The van der Waals surface area contributed by atoms with Crippen LogP contribution in [-0.2, 0) is 0 Å². The molecule has 0 bridgehead atoms. The maximum Gasteiger partial charge on any atom is 0.128 e. The van der Waals surface area contributed by atoms with Gasteiger partial charge in [-0.15, -0.1) is 0 Å². The molecule has 0 amide bonds. The quantitative estimate of drug-likeness (QED) is 0.850. The maximum atomic E-state index is 9.42. The zero-order valence-corrected chi connectivity index (χ0v) is 10.1. The third-order valence-electron chi connectivity index (χ3n) is 3.40. The molecule has 88 valence electrons. The average molecular weight is 220 g/mol. The van der Waals surface area contributed by atoms with E-state index in [1.165, 1.54) is 19.3 Å². The van der Waals surface area contributed by atoms with Gasteiger partial charge in [-0.05, 0) is 37.8 Å². The van der Waals surface area contributed by atoms with Crippen LogP contribution in [0.15, 0.2) is 18.3 Å². The highest BCUT2D eigenvalue weighted by Gasteiger charge is 2.23. The Bertz CT molecular complexity index is 334. The number of hydrogen-bond donors (Lipinski definition) is 1. The molecule has 3 heteroatoms. The SMILES string of the molecule is CCC1CCCN1c1ccc(C(C)O)cn1. The normalized spacial score (nSPS) is 22.4. The van der Waals surface area contributed by atoms with Crippen LogP contribution in [0.2, 0.25) is 0 Å². The fourth-order valence-electron chi connectivity index (χ4n) is 2.38. The smallest absolute Gasteiger partial charge is 0.128 e. The molecular formula is C13H20N2O. The molecule has 1 aliphatic heterocycles. The van der Waals surface area contributed by atoms with Crippen molar-refractivity contribution in [3.8, 4) is 0 Å². The summed E-state index contributed by atoms with van der Waals surface area (Å²) in [4.78, 5) is 6.83. The van der Waals surface area contributed by atoms with E-state index in [9.17, 15) is 5.11 Å².